The molecule has 0 bridgehead atoms. The molecule has 6 heteroatoms. The van der Waals surface area contributed by atoms with Gasteiger partial charge in [0.05, 0.1) is 31.3 Å². The van der Waals surface area contributed by atoms with Crippen LogP contribution in [0.15, 0.2) is 99.8 Å². The summed E-state index contributed by atoms with van der Waals surface area (Å²) >= 11 is 1.39. The number of hydrogen-bond acceptors (Lipinski definition) is 5. The molecule has 1 aromatic heterocycles. The first-order chi connectivity index (χ1) is 15.5. The van der Waals surface area contributed by atoms with Crippen LogP contribution in [0.25, 0.3) is 0 Å². The van der Waals surface area contributed by atoms with Gasteiger partial charge in [-0.25, -0.2) is 4.79 Å². The van der Waals surface area contributed by atoms with E-state index in [0.717, 1.165) is 16.0 Å². The van der Waals surface area contributed by atoms with Crippen LogP contribution in [-0.2, 0) is 27.3 Å². The van der Waals surface area contributed by atoms with Crippen molar-refractivity contribution in [3.05, 3.63) is 102 Å². The van der Waals surface area contributed by atoms with E-state index in [-0.39, 0.29) is 12.5 Å². The van der Waals surface area contributed by atoms with Gasteiger partial charge in [0.1, 0.15) is 4.75 Å². The molecule has 0 aliphatic carbocycles. The van der Waals surface area contributed by atoms with Gasteiger partial charge in [0, 0.05) is 17.0 Å². The van der Waals surface area contributed by atoms with Gasteiger partial charge in [-0.05, 0) is 43.2 Å². The van der Waals surface area contributed by atoms with Crippen LogP contribution in [0.1, 0.15) is 25.0 Å². The van der Waals surface area contributed by atoms with Gasteiger partial charge < -0.3 is 14.1 Å². The van der Waals surface area contributed by atoms with Gasteiger partial charge >= 0.3 is 5.97 Å². The van der Waals surface area contributed by atoms with Crippen LogP contribution >= 0.6 is 11.8 Å². The third-order valence-electron chi connectivity index (χ3n) is 5.49. The quantitative estimate of drug-likeness (QED) is 0.443. The molecule has 164 valence electrons. The van der Waals surface area contributed by atoms with E-state index >= 15 is 0 Å². The summed E-state index contributed by atoms with van der Waals surface area (Å²) in [5.41, 5.74) is 2.87. The molecular formula is C26H25NO4S. The van der Waals surface area contributed by atoms with E-state index in [0.29, 0.717) is 24.2 Å². The lowest BCUT2D eigenvalue weighted by atomic mass is 9.92. The lowest BCUT2D eigenvalue weighted by molar-refractivity contribution is -0.140. The minimum atomic E-state index is -1.16. The molecule has 0 radical (unpaired) electrons. The van der Waals surface area contributed by atoms with E-state index in [2.05, 4.69) is 0 Å². The Balaban J connectivity index is 1.83. The first kappa shape index (κ1) is 22.0. The first-order valence-corrected chi connectivity index (χ1v) is 11.4. The largest absolute Gasteiger partial charge is 0.472 e. The number of esters is 1. The number of benzene rings is 2. The number of ether oxygens (including phenoxy) is 1. The summed E-state index contributed by atoms with van der Waals surface area (Å²) in [6.45, 7) is 4.22. The zero-order valence-corrected chi connectivity index (χ0v) is 18.9. The highest BCUT2D eigenvalue weighted by Gasteiger charge is 2.55. The summed E-state index contributed by atoms with van der Waals surface area (Å²) < 4.78 is 9.57. The summed E-state index contributed by atoms with van der Waals surface area (Å²) in [4.78, 5) is 30.0. The first-order valence-electron chi connectivity index (χ1n) is 10.5. The zero-order valence-electron chi connectivity index (χ0n) is 18.1. The molecule has 5 nitrogen and oxygen atoms in total. The van der Waals surface area contributed by atoms with Gasteiger partial charge in [-0.3, -0.25) is 4.79 Å². The fourth-order valence-corrected chi connectivity index (χ4v) is 5.51. The molecule has 0 saturated carbocycles. The van der Waals surface area contributed by atoms with E-state index in [1.165, 1.54) is 11.8 Å². The van der Waals surface area contributed by atoms with Crippen molar-refractivity contribution in [2.75, 3.05) is 6.61 Å². The highest BCUT2D eigenvalue weighted by Crippen LogP contribution is 2.49. The summed E-state index contributed by atoms with van der Waals surface area (Å²) in [5, 5.41) is 0. The number of hydrogen-bond donors (Lipinski definition) is 0. The Morgan fingerprint density at radius 1 is 1.03 bits per heavy atom. The smallest absolute Gasteiger partial charge is 0.337 e. The van der Waals surface area contributed by atoms with Crippen LogP contribution in [0.2, 0.25) is 0 Å². The Labute approximate surface area is 192 Å². The number of carbonyl (C=O) groups excluding carboxylic acids is 2. The van der Waals surface area contributed by atoms with Crippen LogP contribution in [0.5, 0.6) is 0 Å². The second kappa shape index (κ2) is 9.49. The fraction of sp³-hybridized carbons (Fsp3) is 0.231. The standard InChI is InChI=1S/C26H25NO4S/c1-3-31-24(28)23-19(2)27(17-20-10-6-4-7-11-20)25(29)26(23,16-21-14-15-30-18-21)32-22-12-8-5-9-13-22/h4-15,18H,3,16-17H2,1-2H3/t26-/m0/s1. The third-order valence-corrected chi connectivity index (χ3v) is 6.87. The molecule has 4 rings (SSSR count). The van der Waals surface area contributed by atoms with Crippen LogP contribution in [0.4, 0.5) is 0 Å². The maximum atomic E-state index is 14.1. The Morgan fingerprint density at radius 3 is 2.34 bits per heavy atom. The Morgan fingerprint density at radius 2 is 1.72 bits per heavy atom. The number of nitrogens with zero attached hydrogens (tertiary/aromatic N) is 1. The van der Waals surface area contributed by atoms with E-state index in [4.69, 9.17) is 9.15 Å². The highest BCUT2D eigenvalue weighted by molar-refractivity contribution is 8.01. The number of amides is 1. The lowest BCUT2D eigenvalue weighted by Gasteiger charge is -2.29. The number of rotatable bonds is 8. The van der Waals surface area contributed by atoms with Gasteiger partial charge in [-0.1, -0.05) is 48.5 Å². The molecule has 3 aromatic rings. The lowest BCUT2D eigenvalue weighted by Crippen LogP contribution is -2.43. The van der Waals surface area contributed by atoms with Crippen molar-refractivity contribution in [2.24, 2.45) is 0 Å². The van der Waals surface area contributed by atoms with E-state index in [1.807, 2.05) is 73.7 Å². The van der Waals surface area contributed by atoms with E-state index in [9.17, 15) is 9.59 Å². The van der Waals surface area contributed by atoms with Crippen molar-refractivity contribution in [3.63, 3.8) is 0 Å². The molecule has 0 fully saturated rings. The topological polar surface area (TPSA) is 59.8 Å². The SMILES string of the molecule is CCOC(=O)C1=C(C)N(Cc2ccccc2)C(=O)[C@@]1(Cc1ccoc1)Sc1ccccc1. The van der Waals surface area contributed by atoms with Crippen LogP contribution < -0.4 is 0 Å². The molecule has 32 heavy (non-hydrogen) atoms. The number of thioether (sulfide) groups is 1. The number of carbonyl (C=O) groups is 2. The van der Waals surface area contributed by atoms with Crippen LogP contribution in [0.3, 0.4) is 0 Å². The normalized spacial score (nSPS) is 18.3. The second-order valence-electron chi connectivity index (χ2n) is 7.61. The minimum Gasteiger partial charge on any atom is -0.472 e. The Kier molecular flexibility index (Phi) is 6.51. The summed E-state index contributed by atoms with van der Waals surface area (Å²) in [7, 11) is 0. The van der Waals surface area contributed by atoms with Crippen molar-refractivity contribution in [1.82, 2.24) is 4.90 Å². The number of furan rings is 1. The monoisotopic (exact) mass is 447 g/mol. The minimum absolute atomic E-state index is 0.128. The third kappa shape index (κ3) is 4.23. The Bertz CT molecular complexity index is 1110. The molecular weight excluding hydrogens is 422 g/mol. The molecule has 0 unspecified atom stereocenters. The highest BCUT2D eigenvalue weighted by atomic mass is 32.2. The summed E-state index contributed by atoms with van der Waals surface area (Å²) in [6.07, 6.45) is 3.52. The van der Waals surface area contributed by atoms with Crippen molar-refractivity contribution in [2.45, 2.75) is 36.5 Å². The number of allylic oxidation sites excluding steroid dienone is 1. The second-order valence-corrected chi connectivity index (χ2v) is 8.98. The summed E-state index contributed by atoms with van der Waals surface area (Å²) in [5.74, 6) is -0.585. The predicted octanol–water partition coefficient (Wildman–Crippen LogP) is 5.23. The zero-order chi connectivity index (χ0) is 22.6. The van der Waals surface area contributed by atoms with Gasteiger partial charge in [0.25, 0.3) is 0 Å². The predicted molar refractivity (Wildman–Crippen MR) is 124 cm³/mol. The molecule has 1 amide bonds. The molecule has 2 aromatic carbocycles. The average Bonchev–Trinajstić information content (AvgIpc) is 3.37. The van der Waals surface area contributed by atoms with Gasteiger partial charge in [-0.2, -0.15) is 0 Å². The molecule has 0 spiro atoms. The summed E-state index contributed by atoms with van der Waals surface area (Å²) in [6, 6.07) is 21.3. The molecule has 1 aliphatic heterocycles. The van der Waals surface area contributed by atoms with Gasteiger partial charge in [0.15, 0.2) is 0 Å². The molecule has 0 N–H and O–H groups in total. The molecule has 1 atom stereocenters. The van der Waals surface area contributed by atoms with Crippen molar-refractivity contribution in [1.29, 1.82) is 0 Å². The van der Waals surface area contributed by atoms with E-state index in [1.54, 1.807) is 24.3 Å². The van der Waals surface area contributed by atoms with Crippen molar-refractivity contribution < 1.29 is 18.7 Å². The van der Waals surface area contributed by atoms with Crippen molar-refractivity contribution >= 4 is 23.6 Å². The van der Waals surface area contributed by atoms with Gasteiger partial charge in [-0.15, -0.1) is 11.8 Å². The van der Waals surface area contributed by atoms with Gasteiger partial charge in [0.2, 0.25) is 5.91 Å². The Hall–Kier alpha value is -3.25. The molecule has 0 saturated heterocycles. The van der Waals surface area contributed by atoms with E-state index < -0.39 is 10.7 Å². The maximum absolute atomic E-state index is 14.1. The molecule has 2 heterocycles. The van der Waals surface area contributed by atoms with Crippen LogP contribution in [-0.4, -0.2) is 28.1 Å². The van der Waals surface area contributed by atoms with Crippen molar-refractivity contribution in [3.8, 4) is 0 Å². The fourth-order valence-electron chi connectivity index (χ4n) is 4.04. The van der Waals surface area contributed by atoms with Crippen LogP contribution in [0, 0.1) is 0 Å². The average molecular weight is 448 g/mol. The maximum Gasteiger partial charge on any atom is 0.337 e. The molecule has 1 aliphatic rings.